The summed E-state index contributed by atoms with van der Waals surface area (Å²) < 4.78 is 0. The van der Waals surface area contributed by atoms with Gasteiger partial charge in [-0.2, -0.15) is 11.3 Å². The average molecular weight is 280 g/mol. The van der Waals surface area contributed by atoms with Gasteiger partial charge >= 0.3 is 0 Å². The average Bonchev–Trinajstić information content (AvgIpc) is 3.02. The molecule has 0 spiro atoms. The SMILES string of the molecule is CC(C)N(C(=O)CCNC(=O)c1ccsc1)C1CC1. The van der Waals surface area contributed by atoms with E-state index in [2.05, 4.69) is 5.32 Å². The first-order chi connectivity index (χ1) is 9.09. The Morgan fingerprint density at radius 3 is 2.74 bits per heavy atom. The molecule has 1 aromatic heterocycles. The molecular weight excluding hydrogens is 260 g/mol. The number of amides is 2. The molecule has 4 nitrogen and oxygen atoms in total. The fraction of sp³-hybridized carbons (Fsp3) is 0.571. The summed E-state index contributed by atoms with van der Waals surface area (Å²) in [4.78, 5) is 25.8. The van der Waals surface area contributed by atoms with Gasteiger partial charge in [0.2, 0.25) is 5.91 Å². The monoisotopic (exact) mass is 280 g/mol. The summed E-state index contributed by atoms with van der Waals surface area (Å²) in [5.74, 6) is 0.0414. The van der Waals surface area contributed by atoms with E-state index in [0.29, 0.717) is 24.6 Å². The van der Waals surface area contributed by atoms with Crippen molar-refractivity contribution < 1.29 is 9.59 Å². The van der Waals surface area contributed by atoms with Crippen molar-refractivity contribution in [3.05, 3.63) is 22.4 Å². The first kappa shape index (κ1) is 14.1. The molecule has 1 N–H and O–H groups in total. The molecule has 1 aliphatic carbocycles. The molecule has 104 valence electrons. The Kier molecular flexibility index (Phi) is 4.58. The van der Waals surface area contributed by atoms with E-state index < -0.39 is 0 Å². The number of hydrogen-bond donors (Lipinski definition) is 1. The predicted octanol–water partition coefficient (Wildman–Crippen LogP) is 2.27. The quantitative estimate of drug-likeness (QED) is 0.869. The molecule has 5 heteroatoms. The van der Waals surface area contributed by atoms with Crippen LogP contribution in [0.2, 0.25) is 0 Å². The summed E-state index contributed by atoms with van der Waals surface area (Å²) in [6.45, 7) is 4.49. The van der Waals surface area contributed by atoms with Crippen LogP contribution in [-0.2, 0) is 4.79 Å². The number of carbonyl (C=O) groups excluding carboxylic acids is 2. The smallest absolute Gasteiger partial charge is 0.252 e. The van der Waals surface area contributed by atoms with Crippen LogP contribution in [0.5, 0.6) is 0 Å². The molecule has 1 saturated carbocycles. The minimum Gasteiger partial charge on any atom is -0.351 e. The number of carbonyl (C=O) groups is 2. The van der Waals surface area contributed by atoms with Gasteiger partial charge in [0.1, 0.15) is 0 Å². The van der Waals surface area contributed by atoms with Gasteiger partial charge in [-0.05, 0) is 38.1 Å². The molecule has 0 aromatic carbocycles. The third-order valence-corrected chi connectivity index (χ3v) is 3.88. The molecule has 19 heavy (non-hydrogen) atoms. The molecule has 0 atom stereocenters. The standard InChI is InChI=1S/C14H20N2O2S/c1-10(2)16(12-3-4-12)13(17)5-7-15-14(18)11-6-8-19-9-11/h6,8-10,12H,3-5,7H2,1-2H3,(H,15,18). The van der Waals surface area contributed by atoms with Crippen LogP contribution in [0.25, 0.3) is 0 Å². The van der Waals surface area contributed by atoms with Crippen molar-refractivity contribution >= 4 is 23.2 Å². The normalized spacial score (nSPS) is 14.5. The minimum absolute atomic E-state index is 0.100. The van der Waals surface area contributed by atoms with Gasteiger partial charge in [-0.3, -0.25) is 9.59 Å². The fourth-order valence-electron chi connectivity index (χ4n) is 2.17. The Balaban J connectivity index is 1.75. The van der Waals surface area contributed by atoms with Crippen molar-refractivity contribution in [2.75, 3.05) is 6.54 Å². The van der Waals surface area contributed by atoms with Crippen LogP contribution < -0.4 is 5.32 Å². The van der Waals surface area contributed by atoms with Gasteiger partial charge in [0, 0.05) is 36.0 Å². The summed E-state index contributed by atoms with van der Waals surface area (Å²) in [6.07, 6.45) is 2.61. The summed E-state index contributed by atoms with van der Waals surface area (Å²) >= 11 is 1.49. The molecular formula is C14H20N2O2S. The van der Waals surface area contributed by atoms with E-state index in [4.69, 9.17) is 0 Å². The number of nitrogens with zero attached hydrogens (tertiary/aromatic N) is 1. The molecule has 1 fully saturated rings. The summed E-state index contributed by atoms with van der Waals surface area (Å²) in [6, 6.07) is 2.46. The van der Waals surface area contributed by atoms with Gasteiger partial charge in [-0.1, -0.05) is 0 Å². The summed E-state index contributed by atoms with van der Waals surface area (Å²) in [7, 11) is 0. The van der Waals surface area contributed by atoms with E-state index >= 15 is 0 Å². The third kappa shape index (κ3) is 3.80. The lowest BCUT2D eigenvalue weighted by Gasteiger charge is -2.26. The van der Waals surface area contributed by atoms with Crippen LogP contribution in [0, 0.1) is 0 Å². The van der Waals surface area contributed by atoms with E-state index in [1.165, 1.54) is 11.3 Å². The van der Waals surface area contributed by atoms with Gasteiger partial charge in [0.15, 0.2) is 0 Å². The van der Waals surface area contributed by atoms with Gasteiger partial charge in [-0.25, -0.2) is 0 Å². The second kappa shape index (κ2) is 6.19. The first-order valence-electron chi connectivity index (χ1n) is 6.71. The van der Waals surface area contributed by atoms with Crippen LogP contribution in [0.4, 0.5) is 0 Å². The second-order valence-corrected chi connectivity index (χ2v) is 5.92. The molecule has 0 bridgehead atoms. The fourth-order valence-corrected chi connectivity index (χ4v) is 2.81. The third-order valence-electron chi connectivity index (χ3n) is 3.19. The van der Waals surface area contributed by atoms with Gasteiger partial charge in [-0.15, -0.1) is 0 Å². The largest absolute Gasteiger partial charge is 0.351 e. The number of thiophene rings is 1. The van der Waals surface area contributed by atoms with Crippen LogP contribution >= 0.6 is 11.3 Å². The molecule has 1 aromatic rings. The molecule has 0 saturated heterocycles. The van der Waals surface area contributed by atoms with Crippen LogP contribution in [0.3, 0.4) is 0 Å². The highest BCUT2D eigenvalue weighted by atomic mass is 32.1. The molecule has 2 amide bonds. The van der Waals surface area contributed by atoms with E-state index in [9.17, 15) is 9.59 Å². The van der Waals surface area contributed by atoms with Crippen molar-refractivity contribution in [2.45, 2.75) is 45.2 Å². The van der Waals surface area contributed by atoms with E-state index in [-0.39, 0.29) is 17.9 Å². The van der Waals surface area contributed by atoms with Gasteiger partial charge in [0.25, 0.3) is 5.91 Å². The zero-order chi connectivity index (χ0) is 13.8. The minimum atomic E-state index is -0.100. The maximum atomic E-state index is 12.1. The van der Waals surface area contributed by atoms with E-state index in [1.54, 1.807) is 6.07 Å². The lowest BCUT2D eigenvalue weighted by atomic mass is 10.2. The summed E-state index contributed by atoms with van der Waals surface area (Å²) in [5, 5.41) is 6.47. The van der Waals surface area contributed by atoms with Crippen LogP contribution in [0.15, 0.2) is 16.8 Å². The van der Waals surface area contributed by atoms with Crippen molar-refractivity contribution in [1.82, 2.24) is 10.2 Å². The molecule has 1 aliphatic rings. The zero-order valence-electron chi connectivity index (χ0n) is 11.4. The second-order valence-electron chi connectivity index (χ2n) is 5.14. The van der Waals surface area contributed by atoms with Crippen molar-refractivity contribution in [2.24, 2.45) is 0 Å². The van der Waals surface area contributed by atoms with E-state index in [1.807, 2.05) is 29.5 Å². The maximum absolute atomic E-state index is 12.1. The highest BCUT2D eigenvalue weighted by molar-refractivity contribution is 7.08. The highest BCUT2D eigenvalue weighted by Crippen LogP contribution is 2.29. The van der Waals surface area contributed by atoms with Crippen molar-refractivity contribution in [3.8, 4) is 0 Å². The van der Waals surface area contributed by atoms with Crippen LogP contribution in [0.1, 0.15) is 43.5 Å². The zero-order valence-corrected chi connectivity index (χ0v) is 12.2. The topological polar surface area (TPSA) is 49.4 Å². The number of rotatable bonds is 6. The lowest BCUT2D eigenvalue weighted by Crippen LogP contribution is -2.40. The van der Waals surface area contributed by atoms with Gasteiger partial charge < -0.3 is 10.2 Å². The van der Waals surface area contributed by atoms with E-state index in [0.717, 1.165) is 12.8 Å². The number of hydrogen-bond acceptors (Lipinski definition) is 3. The summed E-state index contributed by atoms with van der Waals surface area (Å²) in [5.41, 5.74) is 0.667. The lowest BCUT2D eigenvalue weighted by molar-refractivity contribution is -0.133. The Hall–Kier alpha value is -1.36. The Labute approximate surface area is 117 Å². The number of nitrogens with one attached hydrogen (secondary N) is 1. The Bertz CT molecular complexity index is 436. The molecule has 2 rings (SSSR count). The molecule has 1 heterocycles. The molecule has 0 unspecified atom stereocenters. The Morgan fingerprint density at radius 2 is 2.21 bits per heavy atom. The van der Waals surface area contributed by atoms with Crippen LogP contribution in [-0.4, -0.2) is 35.3 Å². The Morgan fingerprint density at radius 1 is 1.47 bits per heavy atom. The highest BCUT2D eigenvalue weighted by Gasteiger charge is 2.33. The van der Waals surface area contributed by atoms with Crippen molar-refractivity contribution in [1.29, 1.82) is 0 Å². The van der Waals surface area contributed by atoms with Gasteiger partial charge in [0.05, 0.1) is 0 Å². The predicted molar refractivity (Wildman–Crippen MR) is 76.3 cm³/mol. The molecule has 0 radical (unpaired) electrons. The maximum Gasteiger partial charge on any atom is 0.252 e. The van der Waals surface area contributed by atoms with Crippen molar-refractivity contribution in [3.63, 3.8) is 0 Å². The molecule has 0 aliphatic heterocycles. The first-order valence-corrected chi connectivity index (χ1v) is 7.65.